The Kier molecular flexibility index (Phi) is 7.28. The van der Waals surface area contributed by atoms with Gasteiger partial charge in [-0.25, -0.2) is 8.42 Å². The van der Waals surface area contributed by atoms with Crippen LogP contribution in [-0.4, -0.2) is 20.9 Å². The first-order valence-electron chi connectivity index (χ1n) is 9.49. The highest BCUT2D eigenvalue weighted by Gasteiger charge is 2.28. The van der Waals surface area contributed by atoms with Crippen LogP contribution in [0.3, 0.4) is 0 Å². The van der Waals surface area contributed by atoms with Crippen molar-refractivity contribution in [1.29, 1.82) is 0 Å². The van der Waals surface area contributed by atoms with E-state index in [-0.39, 0.29) is 11.4 Å². The minimum Gasteiger partial charge on any atom is -0.324 e. The molecule has 0 aromatic heterocycles. The Morgan fingerprint density at radius 1 is 0.968 bits per heavy atom. The van der Waals surface area contributed by atoms with Gasteiger partial charge in [-0.05, 0) is 103 Å². The third-order valence-corrected chi connectivity index (χ3v) is 7.47. The molecule has 8 heteroatoms. The molecule has 0 radical (unpaired) electrons. The zero-order valence-electron chi connectivity index (χ0n) is 17.3. The number of anilines is 2. The van der Waals surface area contributed by atoms with E-state index in [1.165, 1.54) is 0 Å². The van der Waals surface area contributed by atoms with E-state index < -0.39 is 15.9 Å². The van der Waals surface area contributed by atoms with E-state index in [1.807, 2.05) is 26.0 Å². The fraction of sp³-hybridized carbons (Fsp3) is 0.174. The van der Waals surface area contributed by atoms with Crippen LogP contribution in [0.1, 0.15) is 16.7 Å². The van der Waals surface area contributed by atoms with Gasteiger partial charge in [0.1, 0.15) is 6.54 Å². The van der Waals surface area contributed by atoms with Crippen molar-refractivity contribution < 1.29 is 13.2 Å². The maximum Gasteiger partial charge on any atom is 0.264 e. The van der Waals surface area contributed by atoms with Gasteiger partial charge >= 0.3 is 0 Å². The predicted molar refractivity (Wildman–Crippen MR) is 134 cm³/mol. The summed E-state index contributed by atoms with van der Waals surface area (Å²) in [5, 5.41) is 3.32. The van der Waals surface area contributed by atoms with Crippen molar-refractivity contribution in [2.45, 2.75) is 25.7 Å². The molecular weight excluding hydrogens is 547 g/mol. The number of nitrogens with zero attached hydrogens (tertiary/aromatic N) is 1. The Morgan fingerprint density at radius 2 is 1.65 bits per heavy atom. The molecule has 0 saturated carbocycles. The molecule has 0 aliphatic rings. The molecule has 0 heterocycles. The molecule has 162 valence electrons. The van der Waals surface area contributed by atoms with Crippen molar-refractivity contribution in [3.63, 3.8) is 0 Å². The molecule has 0 unspecified atom stereocenters. The molecule has 0 aliphatic heterocycles. The summed E-state index contributed by atoms with van der Waals surface area (Å²) in [6.45, 7) is 5.17. The first-order valence-corrected chi connectivity index (χ1v) is 12.4. The number of amides is 1. The average molecular weight is 569 g/mol. The number of rotatable bonds is 6. The Bertz CT molecular complexity index is 1230. The fourth-order valence-electron chi connectivity index (χ4n) is 3.12. The Hall–Kier alpha value is -2.10. The number of carbonyl (C=O) groups excluding carboxylic acids is 1. The molecule has 0 aliphatic carbocycles. The molecule has 5 nitrogen and oxygen atoms in total. The van der Waals surface area contributed by atoms with Gasteiger partial charge in [-0.1, -0.05) is 29.3 Å². The lowest BCUT2D eigenvalue weighted by atomic mass is 10.2. The Labute approximate surface area is 201 Å². The van der Waals surface area contributed by atoms with Crippen LogP contribution in [0.25, 0.3) is 0 Å². The maximum atomic E-state index is 13.5. The van der Waals surface area contributed by atoms with Crippen molar-refractivity contribution in [2.75, 3.05) is 16.2 Å². The second-order valence-electron chi connectivity index (χ2n) is 7.26. The minimum absolute atomic E-state index is 0.116. The largest absolute Gasteiger partial charge is 0.324 e. The summed E-state index contributed by atoms with van der Waals surface area (Å²) in [4.78, 5) is 13.0. The van der Waals surface area contributed by atoms with Gasteiger partial charge in [0.2, 0.25) is 5.91 Å². The van der Waals surface area contributed by atoms with Gasteiger partial charge < -0.3 is 5.32 Å². The molecule has 0 atom stereocenters. The van der Waals surface area contributed by atoms with E-state index in [9.17, 15) is 13.2 Å². The van der Waals surface area contributed by atoms with Gasteiger partial charge in [0.25, 0.3) is 10.0 Å². The van der Waals surface area contributed by atoms with E-state index in [2.05, 4.69) is 27.9 Å². The predicted octanol–water partition coefficient (Wildman–Crippen LogP) is 5.70. The summed E-state index contributed by atoms with van der Waals surface area (Å²) in [5.74, 6) is -0.436. The molecular formula is C23H22ClIN2O3S. The number of carbonyl (C=O) groups is 1. The highest BCUT2D eigenvalue weighted by molar-refractivity contribution is 14.1. The number of aryl methyl sites for hydroxylation is 3. The van der Waals surface area contributed by atoms with Crippen molar-refractivity contribution in [2.24, 2.45) is 0 Å². The molecule has 1 amide bonds. The summed E-state index contributed by atoms with van der Waals surface area (Å²) in [7, 11) is -3.98. The van der Waals surface area contributed by atoms with Gasteiger partial charge in [-0.3, -0.25) is 9.10 Å². The van der Waals surface area contributed by atoms with Crippen LogP contribution in [0.2, 0.25) is 5.02 Å². The monoisotopic (exact) mass is 568 g/mol. The molecule has 0 saturated heterocycles. The lowest BCUT2D eigenvalue weighted by molar-refractivity contribution is -0.114. The summed E-state index contributed by atoms with van der Waals surface area (Å²) in [5.41, 5.74) is 3.54. The van der Waals surface area contributed by atoms with Crippen molar-refractivity contribution in [3.8, 4) is 0 Å². The summed E-state index contributed by atoms with van der Waals surface area (Å²) >= 11 is 8.26. The normalized spacial score (nSPS) is 11.3. The van der Waals surface area contributed by atoms with Crippen LogP contribution in [-0.2, 0) is 14.8 Å². The van der Waals surface area contributed by atoms with E-state index in [0.29, 0.717) is 22.0 Å². The van der Waals surface area contributed by atoms with Crippen molar-refractivity contribution >= 4 is 61.5 Å². The number of halogens is 2. The lowest BCUT2D eigenvalue weighted by Crippen LogP contribution is -2.38. The van der Waals surface area contributed by atoms with Crippen LogP contribution in [0, 0.1) is 24.3 Å². The molecule has 1 N–H and O–H groups in total. The molecule has 0 fully saturated rings. The smallest absolute Gasteiger partial charge is 0.264 e. The van der Waals surface area contributed by atoms with Gasteiger partial charge in [-0.15, -0.1) is 0 Å². The molecule has 0 spiro atoms. The number of benzene rings is 3. The van der Waals surface area contributed by atoms with E-state index in [4.69, 9.17) is 11.6 Å². The Morgan fingerprint density at radius 3 is 2.26 bits per heavy atom. The summed E-state index contributed by atoms with van der Waals surface area (Å²) < 4.78 is 29.2. The van der Waals surface area contributed by atoms with Crippen LogP contribution < -0.4 is 9.62 Å². The first kappa shape index (κ1) is 23.6. The van der Waals surface area contributed by atoms with Crippen LogP contribution in [0.5, 0.6) is 0 Å². The fourth-order valence-corrected chi connectivity index (χ4v) is 5.48. The molecule has 3 aromatic rings. The highest BCUT2D eigenvalue weighted by atomic mass is 127. The highest BCUT2D eigenvalue weighted by Crippen LogP contribution is 2.29. The maximum absolute atomic E-state index is 13.5. The number of hydrogen-bond donors (Lipinski definition) is 1. The lowest BCUT2D eigenvalue weighted by Gasteiger charge is -2.26. The summed E-state index contributed by atoms with van der Waals surface area (Å²) in [6, 6.07) is 17.1. The van der Waals surface area contributed by atoms with E-state index >= 15 is 0 Å². The number of hydrogen-bond acceptors (Lipinski definition) is 3. The van der Waals surface area contributed by atoms with Gasteiger partial charge in [-0.2, -0.15) is 0 Å². The van der Waals surface area contributed by atoms with Gasteiger partial charge in [0.05, 0.1) is 10.6 Å². The van der Waals surface area contributed by atoms with E-state index in [0.717, 1.165) is 19.0 Å². The topological polar surface area (TPSA) is 66.5 Å². The van der Waals surface area contributed by atoms with Crippen molar-refractivity contribution in [1.82, 2.24) is 0 Å². The first-order chi connectivity index (χ1) is 14.6. The second-order valence-corrected chi connectivity index (χ2v) is 10.8. The van der Waals surface area contributed by atoms with Crippen LogP contribution >= 0.6 is 34.2 Å². The molecule has 0 bridgehead atoms. The standard InChI is InChI=1S/C23H22ClIN2O3S/c1-15-4-8-20(9-5-15)31(29,30)27(22-11-6-18(24)12-17(22)3)14-23(28)26-21-10-7-19(25)13-16(21)2/h4-13H,14H2,1-3H3,(H,26,28). The third-order valence-electron chi connectivity index (χ3n) is 4.79. The average Bonchev–Trinajstić information content (AvgIpc) is 2.69. The Balaban J connectivity index is 1.99. The second kappa shape index (κ2) is 9.58. The van der Waals surface area contributed by atoms with E-state index in [1.54, 1.807) is 55.5 Å². The minimum atomic E-state index is -3.98. The quantitative estimate of drug-likeness (QED) is 0.388. The van der Waals surface area contributed by atoms with Crippen molar-refractivity contribution in [3.05, 3.63) is 85.9 Å². The number of sulfonamides is 1. The van der Waals surface area contributed by atoms with Crippen LogP contribution in [0.15, 0.2) is 65.6 Å². The molecule has 3 aromatic carbocycles. The van der Waals surface area contributed by atoms with Crippen LogP contribution in [0.4, 0.5) is 11.4 Å². The zero-order chi connectivity index (χ0) is 22.8. The zero-order valence-corrected chi connectivity index (χ0v) is 21.0. The van der Waals surface area contributed by atoms with Gasteiger partial charge in [0, 0.05) is 14.3 Å². The third kappa shape index (κ3) is 5.58. The molecule has 3 rings (SSSR count). The molecule has 31 heavy (non-hydrogen) atoms. The summed E-state index contributed by atoms with van der Waals surface area (Å²) in [6.07, 6.45) is 0. The number of nitrogens with one attached hydrogen (secondary N) is 1. The SMILES string of the molecule is Cc1ccc(S(=O)(=O)N(CC(=O)Nc2ccc(I)cc2C)c2ccc(Cl)cc2C)cc1. The van der Waals surface area contributed by atoms with Gasteiger partial charge in [0.15, 0.2) is 0 Å².